The van der Waals surface area contributed by atoms with Crippen molar-refractivity contribution in [2.24, 2.45) is 0 Å². The van der Waals surface area contributed by atoms with Crippen molar-refractivity contribution in [2.75, 3.05) is 26.4 Å². The molecule has 1 aromatic heterocycles. The summed E-state index contributed by atoms with van der Waals surface area (Å²) in [5.74, 6) is 1.73. The Labute approximate surface area is 239 Å². The monoisotopic (exact) mass is 564 g/mol. The van der Waals surface area contributed by atoms with Gasteiger partial charge in [0.05, 0.1) is 0 Å². The SMILES string of the molecule is C=C(C)C(=O)OCC(O)COc1ccc(Cc2ccc(Cc3ccc(OCC(O)COC(=O)C(=C)C)cc3)o2)cc1. The second-order valence-electron chi connectivity index (χ2n) is 9.70. The third-order valence-electron chi connectivity index (χ3n) is 5.72. The van der Waals surface area contributed by atoms with Gasteiger partial charge in [0.15, 0.2) is 0 Å². The van der Waals surface area contributed by atoms with Crippen LogP contribution >= 0.6 is 0 Å². The molecule has 0 bridgehead atoms. The van der Waals surface area contributed by atoms with E-state index in [0.717, 1.165) is 22.6 Å². The normalized spacial score (nSPS) is 12.2. The minimum absolute atomic E-state index is 0.00755. The van der Waals surface area contributed by atoms with Crippen molar-refractivity contribution in [2.45, 2.75) is 38.9 Å². The lowest BCUT2D eigenvalue weighted by molar-refractivity contribution is -0.143. The van der Waals surface area contributed by atoms with E-state index in [9.17, 15) is 19.8 Å². The minimum atomic E-state index is -0.943. The zero-order valence-electron chi connectivity index (χ0n) is 23.3. The molecule has 1 heterocycles. The fourth-order valence-electron chi connectivity index (χ4n) is 3.49. The summed E-state index contributed by atoms with van der Waals surface area (Å²) in [5, 5.41) is 19.9. The zero-order valence-corrected chi connectivity index (χ0v) is 23.3. The first-order valence-electron chi connectivity index (χ1n) is 13.1. The zero-order chi connectivity index (χ0) is 29.8. The Bertz CT molecular complexity index is 1210. The van der Waals surface area contributed by atoms with Crippen LogP contribution < -0.4 is 9.47 Å². The summed E-state index contributed by atoms with van der Waals surface area (Å²) < 4.78 is 27.0. The Kier molecular flexibility index (Phi) is 11.8. The molecule has 0 saturated carbocycles. The Balaban J connectivity index is 1.40. The van der Waals surface area contributed by atoms with E-state index in [1.54, 1.807) is 13.8 Å². The van der Waals surface area contributed by atoms with Crippen LogP contribution in [-0.4, -0.2) is 60.8 Å². The topological polar surface area (TPSA) is 125 Å². The van der Waals surface area contributed by atoms with Crippen molar-refractivity contribution in [1.82, 2.24) is 0 Å². The van der Waals surface area contributed by atoms with Gasteiger partial charge in [-0.3, -0.25) is 0 Å². The highest BCUT2D eigenvalue weighted by molar-refractivity contribution is 5.87. The first-order valence-corrected chi connectivity index (χ1v) is 13.1. The summed E-state index contributed by atoms with van der Waals surface area (Å²) in [5.41, 5.74) is 2.61. The number of carbonyl (C=O) groups is 2. The van der Waals surface area contributed by atoms with Crippen molar-refractivity contribution in [3.05, 3.63) is 108 Å². The Morgan fingerprint density at radius 2 is 1.02 bits per heavy atom. The Morgan fingerprint density at radius 3 is 1.37 bits per heavy atom. The summed E-state index contributed by atoms with van der Waals surface area (Å²) in [6.07, 6.45) is -0.671. The Hall–Kier alpha value is -4.34. The molecule has 0 aliphatic heterocycles. The molecule has 2 N–H and O–H groups in total. The number of ether oxygens (including phenoxy) is 4. The van der Waals surface area contributed by atoms with E-state index in [-0.39, 0.29) is 37.6 Å². The average molecular weight is 565 g/mol. The molecule has 2 unspecified atom stereocenters. The van der Waals surface area contributed by atoms with Gasteiger partial charge in [-0.1, -0.05) is 37.4 Å². The number of carbonyl (C=O) groups excluding carboxylic acids is 2. The second kappa shape index (κ2) is 15.4. The first kappa shape index (κ1) is 31.2. The number of aliphatic hydroxyl groups is 2. The average Bonchev–Trinajstić information content (AvgIpc) is 3.39. The molecule has 0 saturated heterocycles. The van der Waals surface area contributed by atoms with E-state index in [1.165, 1.54) is 0 Å². The molecule has 41 heavy (non-hydrogen) atoms. The second-order valence-corrected chi connectivity index (χ2v) is 9.70. The van der Waals surface area contributed by atoms with E-state index in [4.69, 9.17) is 23.4 Å². The van der Waals surface area contributed by atoms with Crippen molar-refractivity contribution in [3.8, 4) is 11.5 Å². The summed E-state index contributed by atoms with van der Waals surface area (Å²) in [6, 6.07) is 18.8. The van der Waals surface area contributed by atoms with Gasteiger partial charge in [0.25, 0.3) is 0 Å². The Morgan fingerprint density at radius 1 is 0.659 bits per heavy atom. The van der Waals surface area contributed by atoms with Crippen LogP contribution in [0.4, 0.5) is 0 Å². The molecule has 0 aliphatic carbocycles. The highest BCUT2D eigenvalue weighted by atomic mass is 16.6. The molecule has 0 aliphatic rings. The maximum absolute atomic E-state index is 11.4. The van der Waals surface area contributed by atoms with Crippen LogP contribution in [0.3, 0.4) is 0 Å². The molecular weight excluding hydrogens is 528 g/mol. The predicted molar refractivity (Wildman–Crippen MR) is 152 cm³/mol. The van der Waals surface area contributed by atoms with Crippen LogP contribution in [0.2, 0.25) is 0 Å². The fourth-order valence-corrected chi connectivity index (χ4v) is 3.49. The van der Waals surface area contributed by atoms with E-state index in [2.05, 4.69) is 13.2 Å². The third kappa shape index (κ3) is 11.0. The van der Waals surface area contributed by atoms with Gasteiger partial charge < -0.3 is 33.6 Å². The van der Waals surface area contributed by atoms with Crippen molar-refractivity contribution >= 4 is 11.9 Å². The summed E-state index contributed by atoms with van der Waals surface area (Å²) in [6.45, 7) is 9.72. The number of hydrogen-bond donors (Lipinski definition) is 2. The lowest BCUT2D eigenvalue weighted by atomic mass is 10.1. The number of aliphatic hydroxyl groups excluding tert-OH is 2. The highest BCUT2D eigenvalue weighted by Crippen LogP contribution is 2.20. The van der Waals surface area contributed by atoms with Crippen LogP contribution in [0.25, 0.3) is 0 Å². The minimum Gasteiger partial charge on any atom is -0.491 e. The van der Waals surface area contributed by atoms with Crippen molar-refractivity contribution in [1.29, 1.82) is 0 Å². The largest absolute Gasteiger partial charge is 0.491 e. The summed E-state index contributed by atoms with van der Waals surface area (Å²) in [7, 11) is 0. The fraction of sp³-hybridized carbons (Fsp3) is 0.312. The van der Waals surface area contributed by atoms with Crippen LogP contribution in [-0.2, 0) is 31.9 Å². The van der Waals surface area contributed by atoms with E-state index >= 15 is 0 Å². The molecule has 218 valence electrons. The van der Waals surface area contributed by atoms with Gasteiger partial charge in [0, 0.05) is 24.0 Å². The molecule has 0 spiro atoms. The first-order chi connectivity index (χ1) is 19.6. The smallest absolute Gasteiger partial charge is 0.333 e. The molecule has 2 atom stereocenters. The molecule has 9 nitrogen and oxygen atoms in total. The number of hydrogen-bond acceptors (Lipinski definition) is 9. The standard InChI is InChI=1S/C32H36O9/c1-21(2)31(35)39-19-25(33)17-37-27-9-5-23(6-10-27)15-29-13-14-30(41-29)16-24-7-11-28(12-8-24)38-18-26(34)20-40-32(36)22(3)4/h5-14,25-26,33-34H,1,3,15-20H2,2,4H3. The van der Waals surface area contributed by atoms with Gasteiger partial charge in [-0.2, -0.15) is 0 Å². The van der Waals surface area contributed by atoms with Crippen LogP contribution in [0.5, 0.6) is 11.5 Å². The quantitative estimate of drug-likeness (QED) is 0.195. The van der Waals surface area contributed by atoms with Crippen molar-refractivity contribution in [3.63, 3.8) is 0 Å². The number of benzene rings is 2. The number of rotatable bonds is 16. The van der Waals surface area contributed by atoms with Gasteiger partial charge in [0.1, 0.15) is 61.7 Å². The van der Waals surface area contributed by atoms with Crippen LogP contribution in [0.1, 0.15) is 36.5 Å². The van der Waals surface area contributed by atoms with Crippen LogP contribution in [0, 0.1) is 0 Å². The summed E-state index contributed by atoms with van der Waals surface area (Å²) in [4.78, 5) is 22.8. The van der Waals surface area contributed by atoms with E-state index in [1.807, 2.05) is 60.7 Å². The maximum atomic E-state index is 11.4. The van der Waals surface area contributed by atoms with Gasteiger partial charge in [0.2, 0.25) is 0 Å². The number of furan rings is 1. The third-order valence-corrected chi connectivity index (χ3v) is 5.72. The molecule has 0 radical (unpaired) electrons. The molecule has 0 amide bonds. The van der Waals surface area contributed by atoms with Gasteiger partial charge in [-0.05, 0) is 61.4 Å². The predicted octanol–water partition coefficient (Wildman–Crippen LogP) is 4.18. The molecule has 2 aromatic carbocycles. The van der Waals surface area contributed by atoms with Crippen LogP contribution in [0.15, 0.2) is 89.4 Å². The molecule has 0 fully saturated rings. The lowest BCUT2D eigenvalue weighted by Crippen LogP contribution is -2.25. The van der Waals surface area contributed by atoms with Gasteiger partial charge in [-0.25, -0.2) is 9.59 Å². The summed E-state index contributed by atoms with van der Waals surface area (Å²) >= 11 is 0. The molecule has 9 heteroatoms. The number of esters is 2. The van der Waals surface area contributed by atoms with E-state index < -0.39 is 24.1 Å². The highest BCUT2D eigenvalue weighted by Gasteiger charge is 2.12. The maximum Gasteiger partial charge on any atom is 0.333 e. The molecular formula is C32H36O9. The lowest BCUT2D eigenvalue weighted by Gasteiger charge is -2.13. The van der Waals surface area contributed by atoms with E-state index in [0.29, 0.717) is 24.3 Å². The van der Waals surface area contributed by atoms with Gasteiger partial charge >= 0.3 is 11.9 Å². The van der Waals surface area contributed by atoms with Gasteiger partial charge in [-0.15, -0.1) is 0 Å². The van der Waals surface area contributed by atoms with Crippen molar-refractivity contribution < 1.29 is 43.2 Å². The molecule has 3 aromatic rings. The molecule has 3 rings (SSSR count).